The summed E-state index contributed by atoms with van der Waals surface area (Å²) < 4.78 is 3.84. The lowest BCUT2D eigenvalue weighted by molar-refractivity contribution is -0.595. The molecule has 73 heavy (non-hydrogen) atoms. The summed E-state index contributed by atoms with van der Waals surface area (Å²) in [4.78, 5) is 73.2. The van der Waals surface area contributed by atoms with Gasteiger partial charge in [0.05, 0.1) is 57.4 Å². The summed E-state index contributed by atoms with van der Waals surface area (Å²) in [7, 11) is 0. The van der Waals surface area contributed by atoms with Crippen molar-refractivity contribution in [3.63, 3.8) is 0 Å². The molecule has 6 heterocycles. The van der Waals surface area contributed by atoms with E-state index in [9.17, 15) is 19.2 Å². The standard InChI is InChI=1S/C57H55N11O4S/c1-39-49(40(2)68(62-39)45-14-8-5-9-15-45)37-53(69)66-34-30-65(31-35-66)51-36-46(18-19-48(51)57(72)60-43-20-24-58-25-21-43)63-26-22-44(23-27-63)61-56(71)47-16-10-11-17-50(47)64-28-32-67(33-29-64)54(70)38-52-55(59-41(3)73-52)42-12-6-4-7-13-42/h4-27,36H,28-35,37-38H2,1-3H3,(H,58,60,72)/p+1. The van der Waals surface area contributed by atoms with Gasteiger partial charge in [-0.2, -0.15) is 9.67 Å². The fourth-order valence-corrected chi connectivity index (χ4v) is 10.6. The minimum Gasteiger partial charge on any atom is -0.367 e. The highest BCUT2D eigenvalue weighted by molar-refractivity contribution is 7.12. The van der Waals surface area contributed by atoms with Crippen LogP contribution >= 0.6 is 11.3 Å². The topological polar surface area (TPSA) is 153 Å². The average Bonchev–Trinajstić information content (AvgIpc) is 3.94. The maximum Gasteiger partial charge on any atom is 0.257 e. The lowest BCUT2D eigenvalue weighted by Gasteiger charge is -2.37. The predicted molar refractivity (Wildman–Crippen MR) is 285 cm³/mol. The van der Waals surface area contributed by atoms with Crippen molar-refractivity contribution in [1.82, 2.24) is 29.5 Å². The van der Waals surface area contributed by atoms with E-state index in [1.54, 1.807) is 35.9 Å². The van der Waals surface area contributed by atoms with Crippen molar-refractivity contribution in [2.75, 3.05) is 72.8 Å². The number of rotatable bonds is 13. The Morgan fingerprint density at radius 1 is 0.603 bits per heavy atom. The van der Waals surface area contributed by atoms with Crippen molar-refractivity contribution in [2.45, 2.75) is 33.6 Å². The third-order valence-electron chi connectivity index (χ3n) is 13.6. The van der Waals surface area contributed by atoms with Crippen molar-refractivity contribution >= 4 is 57.7 Å². The normalized spacial score (nSPS) is 13.7. The molecule has 0 radical (unpaired) electrons. The maximum absolute atomic E-state index is 14.0. The van der Waals surface area contributed by atoms with Gasteiger partial charge in [-0.25, -0.2) is 9.67 Å². The molecule has 0 bridgehead atoms. The Kier molecular flexibility index (Phi) is 14.2. The summed E-state index contributed by atoms with van der Waals surface area (Å²) in [5.41, 5.74) is 10.2. The highest BCUT2D eigenvalue weighted by Crippen LogP contribution is 2.31. The van der Waals surface area contributed by atoms with E-state index in [0.717, 1.165) is 60.8 Å². The zero-order chi connectivity index (χ0) is 50.4. The highest BCUT2D eigenvalue weighted by atomic mass is 32.1. The number of anilines is 4. The van der Waals surface area contributed by atoms with E-state index < -0.39 is 0 Å². The summed E-state index contributed by atoms with van der Waals surface area (Å²) in [6, 6.07) is 40.4. The number of nitrogens with zero attached hydrogens (tertiary/aromatic N) is 9. The third-order valence-corrected chi connectivity index (χ3v) is 14.5. The Morgan fingerprint density at radius 3 is 1.82 bits per heavy atom. The van der Waals surface area contributed by atoms with Gasteiger partial charge >= 0.3 is 0 Å². The van der Waals surface area contributed by atoms with Gasteiger partial charge in [-0.05, 0) is 63.2 Å². The number of hydrogen-bond donors (Lipinski definition) is 2. The second-order valence-electron chi connectivity index (χ2n) is 18.2. The number of carbonyl (C=O) groups excluding carboxylic acids is 4. The van der Waals surface area contributed by atoms with Crippen LogP contribution in [0.4, 0.5) is 22.7 Å². The Balaban J connectivity index is 0.797. The summed E-state index contributed by atoms with van der Waals surface area (Å²) in [6.45, 7) is 10.2. The molecular formula is C57H56N11O4S+. The molecule has 10 rings (SSSR count). The van der Waals surface area contributed by atoms with Gasteiger partial charge in [0.25, 0.3) is 11.8 Å². The number of nitrogens with one attached hydrogen (secondary N) is 2. The number of aromatic nitrogens is 5. The van der Waals surface area contributed by atoms with Crippen LogP contribution in [0.3, 0.4) is 0 Å². The summed E-state index contributed by atoms with van der Waals surface area (Å²) >= 11 is 1.57. The second-order valence-corrected chi connectivity index (χ2v) is 19.5. The Labute approximate surface area is 428 Å². The van der Waals surface area contributed by atoms with Crippen LogP contribution in [0.15, 0.2) is 152 Å². The quantitative estimate of drug-likeness (QED) is 0.110. The molecule has 0 spiro atoms. The van der Waals surface area contributed by atoms with E-state index in [-0.39, 0.29) is 30.0 Å². The zero-order valence-electron chi connectivity index (χ0n) is 41.1. The van der Waals surface area contributed by atoms with E-state index in [1.165, 1.54) is 0 Å². The number of piperazine rings is 2. The van der Waals surface area contributed by atoms with Crippen molar-refractivity contribution in [3.05, 3.63) is 190 Å². The molecule has 15 nitrogen and oxygen atoms in total. The Bertz CT molecular complexity index is 3270. The first kappa shape index (κ1) is 48.1. The lowest BCUT2D eigenvalue weighted by atomic mass is 10.1. The average molecular weight is 991 g/mol. The largest absolute Gasteiger partial charge is 0.367 e. The van der Waals surface area contributed by atoms with Crippen LogP contribution in [0.5, 0.6) is 0 Å². The fraction of sp³-hybridized carbons (Fsp3) is 0.228. The van der Waals surface area contributed by atoms with E-state index >= 15 is 0 Å². The third kappa shape index (κ3) is 10.7. The van der Waals surface area contributed by atoms with Crippen molar-refractivity contribution < 1.29 is 23.7 Å². The maximum atomic E-state index is 14.0. The molecule has 4 amide bonds. The van der Waals surface area contributed by atoms with Crippen LogP contribution in [0.25, 0.3) is 22.6 Å². The molecular weight excluding hydrogens is 935 g/mol. The number of aryl methyl sites for hydroxylation is 2. The van der Waals surface area contributed by atoms with Gasteiger partial charge in [0, 0.05) is 122 Å². The van der Waals surface area contributed by atoms with Gasteiger partial charge in [0.2, 0.25) is 17.5 Å². The van der Waals surface area contributed by atoms with Crippen molar-refractivity contribution in [2.24, 2.45) is 0 Å². The molecule has 0 unspecified atom stereocenters. The van der Waals surface area contributed by atoms with Crippen molar-refractivity contribution in [3.8, 4) is 22.6 Å². The van der Waals surface area contributed by atoms with Crippen LogP contribution in [0, 0.1) is 20.8 Å². The van der Waals surface area contributed by atoms with Crippen LogP contribution in [-0.4, -0.2) is 106 Å². The second kappa shape index (κ2) is 21.5. The van der Waals surface area contributed by atoms with Gasteiger partial charge in [-0.15, -0.1) is 11.3 Å². The molecule has 2 aliphatic rings. The van der Waals surface area contributed by atoms with Crippen LogP contribution in [0.2, 0.25) is 0 Å². The number of benzene rings is 4. The first-order valence-corrected chi connectivity index (χ1v) is 25.3. The zero-order valence-corrected chi connectivity index (χ0v) is 41.9. The molecule has 0 saturated carbocycles. The van der Waals surface area contributed by atoms with E-state index in [0.29, 0.717) is 81.3 Å². The van der Waals surface area contributed by atoms with E-state index in [2.05, 4.69) is 25.4 Å². The van der Waals surface area contributed by atoms with E-state index in [1.807, 2.05) is 167 Å². The van der Waals surface area contributed by atoms with Gasteiger partial charge < -0.3 is 30.2 Å². The van der Waals surface area contributed by atoms with Crippen LogP contribution in [0.1, 0.15) is 47.6 Å². The molecule has 2 N–H and O–H groups in total. The van der Waals surface area contributed by atoms with Crippen LogP contribution in [-0.2, 0) is 22.4 Å². The number of pyridine rings is 2. The van der Waals surface area contributed by atoms with Gasteiger partial charge in [-0.3, -0.25) is 24.2 Å². The van der Waals surface area contributed by atoms with E-state index in [4.69, 9.17) is 10.1 Å². The number of carbonyl (C=O) groups is 4. The molecule has 8 aromatic rings. The Morgan fingerprint density at radius 2 is 1.16 bits per heavy atom. The molecule has 2 aliphatic heterocycles. The molecule has 16 heteroatoms. The van der Waals surface area contributed by atoms with Gasteiger partial charge in [0.1, 0.15) is 0 Å². The minimum atomic E-state index is -0.258. The molecule has 368 valence electrons. The number of thiazole rings is 1. The first-order valence-electron chi connectivity index (χ1n) is 24.5. The number of para-hydroxylation sites is 2. The minimum absolute atomic E-state index is 0.0389. The summed E-state index contributed by atoms with van der Waals surface area (Å²) in [5, 5.41) is 11.8. The smallest absolute Gasteiger partial charge is 0.257 e. The lowest BCUT2D eigenvalue weighted by Crippen LogP contribution is -2.49. The number of hydrogen-bond acceptors (Lipinski definition) is 10. The molecule has 4 aromatic carbocycles. The molecule has 2 fully saturated rings. The van der Waals surface area contributed by atoms with Crippen LogP contribution < -0.4 is 25.0 Å². The summed E-state index contributed by atoms with van der Waals surface area (Å²) in [6.07, 6.45) is 7.58. The van der Waals surface area contributed by atoms with Crippen molar-refractivity contribution in [1.29, 1.82) is 0 Å². The molecule has 4 aromatic heterocycles. The summed E-state index contributed by atoms with van der Waals surface area (Å²) in [5.74, 6) is -0.385. The molecule has 2 saturated heterocycles. The molecule has 0 aliphatic carbocycles. The number of amides is 4. The van der Waals surface area contributed by atoms with Gasteiger partial charge in [-0.1, -0.05) is 60.7 Å². The SMILES string of the molecule is Cc1nc(-c2ccccc2)c(CC(=O)N2CCN(c3ccccc3C(=O)Nc3cc[n+](-c4ccc(C(=O)Nc5ccncc5)c(N5CCN(C(=O)Cc6c(C)nn(-c7ccccc7)c6C)CC5)c4)cc3)CC2)s1. The fourth-order valence-electron chi connectivity index (χ4n) is 9.66. The first-order chi connectivity index (χ1) is 35.6. The van der Waals surface area contributed by atoms with Gasteiger partial charge in [0.15, 0.2) is 12.4 Å². The Hall–Kier alpha value is -8.50. The predicted octanol–water partition coefficient (Wildman–Crippen LogP) is 7.88. The monoisotopic (exact) mass is 990 g/mol. The highest BCUT2D eigenvalue weighted by Gasteiger charge is 2.29. The molecule has 0 atom stereocenters.